The molecule has 4 nitrogen and oxygen atoms in total. The average Bonchev–Trinajstić information content (AvgIpc) is 3.91. The number of fused-ring (bicyclic) bond motifs is 7. The molecule has 0 unspecified atom stereocenters. The Hall–Kier alpha value is -6.43. The Labute approximate surface area is 407 Å². The van der Waals surface area contributed by atoms with E-state index in [1.54, 1.807) is 18.2 Å². The number of aromatic nitrogens is 3. The van der Waals surface area contributed by atoms with E-state index in [0.29, 0.717) is 0 Å². The van der Waals surface area contributed by atoms with Gasteiger partial charge in [-0.2, -0.15) is 0 Å². The van der Waals surface area contributed by atoms with Crippen LogP contribution in [0.15, 0.2) is 168 Å². The fraction of sp³-hybridized carbons (Fsp3) is 0.167. The minimum atomic E-state index is -2.09. The Balaban J connectivity index is 0.000000296. The molecule has 0 aliphatic heterocycles. The zero-order valence-corrected chi connectivity index (χ0v) is 41.7. The maximum atomic E-state index is 7.23. The summed E-state index contributed by atoms with van der Waals surface area (Å²) in [4.78, 5) is 9.49. The molecule has 0 saturated heterocycles. The van der Waals surface area contributed by atoms with Gasteiger partial charge in [-0.05, 0) is 110 Å². The van der Waals surface area contributed by atoms with Gasteiger partial charge in [0.05, 0.1) is 30.5 Å². The predicted octanol–water partition coefficient (Wildman–Crippen LogP) is 16.0. The molecule has 3 aromatic heterocycles. The Morgan fingerprint density at radius 3 is 2.06 bits per heavy atom. The van der Waals surface area contributed by atoms with Crippen LogP contribution in [0.3, 0.4) is 0 Å². The van der Waals surface area contributed by atoms with Crippen LogP contribution in [0.1, 0.15) is 60.3 Å². The number of aryl methyl sites for hydroxylation is 1. The van der Waals surface area contributed by atoms with Crippen molar-refractivity contribution in [1.29, 1.82) is 0 Å². The second kappa shape index (κ2) is 18.1. The molecule has 0 amide bonds. The average molecular weight is 1060 g/mol. The van der Waals surface area contributed by atoms with Crippen molar-refractivity contribution < 1.29 is 28.6 Å². The molecule has 0 spiro atoms. The Bertz CT molecular complexity index is 3620. The molecular weight excluding hydrogens is 999 g/mol. The number of para-hydroxylation sites is 2. The van der Waals surface area contributed by atoms with Crippen molar-refractivity contribution in [1.82, 2.24) is 14.5 Å². The van der Waals surface area contributed by atoms with Crippen molar-refractivity contribution in [3.8, 4) is 39.5 Å². The quantitative estimate of drug-likeness (QED) is 0.0908. The van der Waals surface area contributed by atoms with Crippen LogP contribution in [-0.2, 0) is 20.1 Å². The molecule has 11 rings (SSSR count). The van der Waals surface area contributed by atoms with E-state index in [1.165, 1.54) is 60.9 Å². The first-order valence-electron chi connectivity index (χ1n) is 24.0. The normalized spacial score (nSPS) is 12.7. The Morgan fingerprint density at radius 2 is 1.36 bits per heavy atom. The summed E-state index contributed by atoms with van der Waals surface area (Å²) in [5, 5.41) is 8.51. The summed E-state index contributed by atoms with van der Waals surface area (Å²) in [6, 6.07) is 61.7. The molecule has 0 bridgehead atoms. The largest absolute Gasteiger partial charge is 0.501 e. The maximum absolute atomic E-state index is 7.23. The number of rotatable bonds is 7. The van der Waals surface area contributed by atoms with Gasteiger partial charge in [-0.3, -0.25) is 4.98 Å². The summed E-state index contributed by atoms with van der Waals surface area (Å²) in [6.45, 7) is 14.4. The van der Waals surface area contributed by atoms with E-state index in [0.717, 1.165) is 55.6 Å². The van der Waals surface area contributed by atoms with Gasteiger partial charge in [-0.25, -0.2) is 0 Å². The van der Waals surface area contributed by atoms with Gasteiger partial charge < -0.3 is 14.0 Å². The Morgan fingerprint density at radius 1 is 0.636 bits per heavy atom. The van der Waals surface area contributed by atoms with E-state index in [-0.39, 0.29) is 37.5 Å². The number of benzene rings is 8. The van der Waals surface area contributed by atoms with Gasteiger partial charge in [0.1, 0.15) is 5.58 Å². The summed E-state index contributed by atoms with van der Waals surface area (Å²) >= 11 is 0. The van der Waals surface area contributed by atoms with Gasteiger partial charge in [0.2, 0.25) is 0 Å². The van der Waals surface area contributed by atoms with E-state index >= 15 is 0 Å². The fourth-order valence-electron chi connectivity index (χ4n) is 9.08. The van der Waals surface area contributed by atoms with Crippen LogP contribution in [0.2, 0.25) is 19.6 Å². The molecule has 0 N–H and O–H groups in total. The molecule has 0 atom stereocenters. The van der Waals surface area contributed by atoms with E-state index in [4.69, 9.17) is 13.5 Å². The van der Waals surface area contributed by atoms with E-state index in [2.05, 4.69) is 184 Å². The smallest absolute Gasteiger partial charge is 0.121 e. The van der Waals surface area contributed by atoms with Gasteiger partial charge in [-0.15, -0.1) is 54.1 Å². The van der Waals surface area contributed by atoms with Gasteiger partial charge in [0, 0.05) is 41.5 Å². The topological polar surface area (TPSA) is 43.9 Å². The molecule has 329 valence electrons. The van der Waals surface area contributed by atoms with Crippen LogP contribution in [0.5, 0.6) is 0 Å². The van der Waals surface area contributed by atoms with Crippen molar-refractivity contribution in [2.45, 2.75) is 66.0 Å². The molecule has 3 heterocycles. The van der Waals surface area contributed by atoms with Crippen LogP contribution < -0.4 is 5.19 Å². The third-order valence-electron chi connectivity index (χ3n) is 12.6. The summed E-state index contributed by atoms with van der Waals surface area (Å²) < 4.78 is 31.0. The second-order valence-electron chi connectivity index (χ2n) is 18.7. The van der Waals surface area contributed by atoms with E-state index < -0.39 is 14.9 Å². The molecule has 0 aliphatic carbocycles. The second-order valence-corrected chi connectivity index (χ2v) is 23.7. The van der Waals surface area contributed by atoms with Crippen LogP contribution in [0, 0.1) is 19.0 Å². The SMILES string of the molecule is CC(C)c1cc(-c2ccc([Si](C)(C)C)cc2)cc(C(C)C)c1-n1c(-c2[c-]ccc3c2oc2cc4c(ccc5ccccc54)cc23)nc2ccccc21.[2H]C([2H])([2H])c1ccc(-c2[c-]cccc2)nc1.[Ir]. The molecule has 8 aromatic carbocycles. The molecule has 0 fully saturated rings. The van der Waals surface area contributed by atoms with Crippen LogP contribution in [0.4, 0.5) is 0 Å². The molecule has 1 radical (unpaired) electrons. The standard InChI is InChI=1S/C48H43N2OSi.C12H10N.Ir/c1-29(2)39-26-34(31-21-23-35(24-22-31)52(5,6)7)27-40(30(3)4)46(39)50-44-18-11-10-17-43(44)49-48(50)38-16-12-15-37-42-25-33-20-19-32-13-8-9-14-36(32)41(33)28-45(42)51-47(37)38;1-10-7-8-12(13-9-10)11-5-3-2-4-6-11;/h8-15,17-30H,1-7H3;2-5,7-9H,1H3;/q2*-1;/i;1D3;. The fourth-order valence-corrected chi connectivity index (χ4v) is 10.2. The third-order valence-corrected chi connectivity index (χ3v) is 14.6. The van der Waals surface area contributed by atoms with Crippen LogP contribution in [-0.4, -0.2) is 22.6 Å². The molecular formula is C60H53IrN3OSi-2. The summed E-state index contributed by atoms with van der Waals surface area (Å²) in [5.41, 5.74) is 12.7. The number of hydrogen-bond acceptors (Lipinski definition) is 3. The van der Waals surface area contributed by atoms with E-state index in [9.17, 15) is 0 Å². The zero-order chi connectivity index (χ0) is 47.5. The number of imidazole rings is 1. The van der Waals surface area contributed by atoms with E-state index in [1.807, 2.05) is 24.3 Å². The van der Waals surface area contributed by atoms with Gasteiger partial charge >= 0.3 is 0 Å². The van der Waals surface area contributed by atoms with Gasteiger partial charge in [0.15, 0.2) is 0 Å². The molecule has 66 heavy (non-hydrogen) atoms. The number of hydrogen-bond donors (Lipinski definition) is 0. The zero-order valence-electron chi connectivity index (χ0n) is 41.3. The number of furan rings is 1. The third kappa shape index (κ3) is 8.35. The number of pyridine rings is 1. The molecule has 11 aromatic rings. The first-order valence-corrected chi connectivity index (χ1v) is 26.0. The first-order chi connectivity index (χ1) is 32.6. The van der Waals surface area contributed by atoms with Gasteiger partial charge in [-0.1, -0.05) is 148 Å². The first kappa shape index (κ1) is 41.0. The minimum Gasteiger partial charge on any atom is -0.501 e. The van der Waals surface area contributed by atoms with Crippen molar-refractivity contribution in [2.75, 3.05) is 0 Å². The molecule has 6 heteroatoms. The van der Waals surface area contributed by atoms with Crippen molar-refractivity contribution in [2.24, 2.45) is 0 Å². The van der Waals surface area contributed by atoms with Crippen molar-refractivity contribution in [3.05, 3.63) is 193 Å². The summed E-state index contributed by atoms with van der Waals surface area (Å²) in [7, 11) is -1.40. The number of nitrogens with zero attached hydrogens (tertiary/aromatic N) is 3. The van der Waals surface area contributed by atoms with Crippen LogP contribution >= 0.6 is 0 Å². The minimum absolute atomic E-state index is 0. The summed E-state index contributed by atoms with van der Waals surface area (Å²) in [6.07, 6.45) is 1.39. The maximum Gasteiger partial charge on any atom is 0.121 e. The van der Waals surface area contributed by atoms with Gasteiger partial charge in [0.25, 0.3) is 0 Å². The molecule has 0 aliphatic rings. The Kier molecular flexibility index (Phi) is 11.2. The van der Waals surface area contributed by atoms with Crippen molar-refractivity contribution >= 4 is 67.8 Å². The monoisotopic (exact) mass is 1060 g/mol. The van der Waals surface area contributed by atoms with Crippen molar-refractivity contribution in [3.63, 3.8) is 0 Å². The predicted molar refractivity (Wildman–Crippen MR) is 277 cm³/mol. The van der Waals surface area contributed by atoms with Crippen LogP contribution in [0.25, 0.3) is 94.0 Å². The summed E-state index contributed by atoms with van der Waals surface area (Å²) in [5.74, 6) is 1.39. The molecule has 0 saturated carbocycles.